The highest BCUT2D eigenvalue weighted by Gasteiger charge is 2.62. The lowest BCUT2D eigenvalue weighted by Gasteiger charge is -2.34. The van der Waals surface area contributed by atoms with E-state index in [9.17, 15) is 46.1 Å². The normalized spacial score (nSPS) is 25.8. The number of carbonyl (C=O) groups excluding carboxylic acids is 2. The Kier molecular flexibility index (Phi) is 5.22. The first-order valence-corrected chi connectivity index (χ1v) is 8.81. The van der Waals surface area contributed by atoms with Gasteiger partial charge in [0.1, 0.15) is 0 Å². The summed E-state index contributed by atoms with van der Waals surface area (Å²) >= 11 is 0. The molecule has 0 radical (unpaired) electrons. The fraction of sp³-hybridized carbons (Fsp3) is 0.333. The SMILES string of the molecule is CC1=CC(O)(C(F)(F)F)N(C(=O)c2ccc(C(=O)N3NC(C)=CC3(O)C(F)(F)F)cc2)N1. The molecule has 32 heavy (non-hydrogen) atoms. The zero-order valence-corrected chi connectivity index (χ0v) is 16.3. The fourth-order valence-corrected chi connectivity index (χ4v) is 3.16. The molecule has 2 heterocycles. The Bertz CT molecular complexity index is 939. The number of alkyl halides is 6. The Hall–Kier alpha value is -3.26. The van der Waals surface area contributed by atoms with E-state index in [1.54, 1.807) is 0 Å². The van der Waals surface area contributed by atoms with Crippen LogP contribution in [0.4, 0.5) is 26.3 Å². The summed E-state index contributed by atoms with van der Waals surface area (Å²) in [5, 5.41) is 19.8. The Morgan fingerprint density at radius 2 is 1.03 bits per heavy atom. The van der Waals surface area contributed by atoms with E-state index < -0.39 is 46.7 Å². The Balaban J connectivity index is 1.86. The van der Waals surface area contributed by atoms with Crippen LogP contribution in [-0.4, -0.2) is 55.8 Å². The Morgan fingerprint density at radius 1 is 0.750 bits per heavy atom. The fourth-order valence-electron chi connectivity index (χ4n) is 3.16. The van der Waals surface area contributed by atoms with Crippen LogP contribution in [0.15, 0.2) is 47.8 Å². The number of halogens is 6. The summed E-state index contributed by atoms with van der Waals surface area (Å²) in [6.07, 6.45) is -9.68. The van der Waals surface area contributed by atoms with Crippen LogP contribution in [0.3, 0.4) is 0 Å². The summed E-state index contributed by atoms with van der Waals surface area (Å²) in [7, 11) is 0. The molecule has 0 spiro atoms. The number of hydrogen-bond acceptors (Lipinski definition) is 6. The van der Waals surface area contributed by atoms with Gasteiger partial charge in [0.15, 0.2) is 0 Å². The quantitative estimate of drug-likeness (QED) is 0.497. The molecular weight excluding hydrogens is 450 g/mol. The number of aliphatic hydroxyl groups is 2. The minimum atomic E-state index is -5.24. The van der Waals surface area contributed by atoms with Gasteiger partial charge in [-0.2, -0.15) is 26.3 Å². The number of hydrazine groups is 2. The largest absolute Gasteiger partial charge is 0.442 e. The molecule has 0 aromatic heterocycles. The van der Waals surface area contributed by atoms with E-state index >= 15 is 0 Å². The lowest BCUT2D eigenvalue weighted by atomic mass is 10.1. The van der Waals surface area contributed by atoms with Crippen LogP contribution in [0.1, 0.15) is 34.6 Å². The van der Waals surface area contributed by atoms with Gasteiger partial charge < -0.3 is 10.2 Å². The number of benzene rings is 1. The number of nitrogens with zero attached hydrogens (tertiary/aromatic N) is 2. The van der Waals surface area contributed by atoms with Gasteiger partial charge in [0.05, 0.1) is 0 Å². The van der Waals surface area contributed by atoms with Crippen LogP contribution in [-0.2, 0) is 0 Å². The number of nitrogens with one attached hydrogen (secondary N) is 2. The van der Waals surface area contributed by atoms with Gasteiger partial charge in [0.2, 0.25) is 0 Å². The lowest BCUT2D eigenvalue weighted by Crippen LogP contribution is -2.60. The molecule has 0 aliphatic carbocycles. The molecule has 2 aliphatic heterocycles. The van der Waals surface area contributed by atoms with E-state index in [0.717, 1.165) is 24.3 Å². The third-order valence-electron chi connectivity index (χ3n) is 4.71. The van der Waals surface area contributed by atoms with E-state index in [4.69, 9.17) is 0 Å². The predicted octanol–water partition coefficient (Wildman–Crippen LogP) is 1.92. The zero-order valence-electron chi connectivity index (χ0n) is 16.3. The van der Waals surface area contributed by atoms with Crippen LogP contribution in [0.25, 0.3) is 0 Å². The molecule has 2 amide bonds. The van der Waals surface area contributed by atoms with E-state index in [1.807, 2.05) is 0 Å². The second kappa shape index (κ2) is 7.13. The summed E-state index contributed by atoms with van der Waals surface area (Å²) in [6.45, 7) is 2.37. The molecule has 2 unspecified atom stereocenters. The number of hydrogen-bond donors (Lipinski definition) is 4. The van der Waals surface area contributed by atoms with Crippen molar-refractivity contribution in [3.63, 3.8) is 0 Å². The molecule has 174 valence electrons. The average molecular weight is 466 g/mol. The molecule has 2 atom stereocenters. The smallest absolute Gasteiger partial charge is 0.359 e. The minimum absolute atomic E-state index is 0.0587. The average Bonchev–Trinajstić information content (AvgIpc) is 3.16. The van der Waals surface area contributed by atoms with Gasteiger partial charge in [-0.05, 0) is 50.3 Å². The van der Waals surface area contributed by atoms with E-state index in [0.29, 0.717) is 12.2 Å². The molecule has 14 heteroatoms. The Morgan fingerprint density at radius 3 is 1.28 bits per heavy atom. The molecule has 0 bridgehead atoms. The second-order valence-corrected chi connectivity index (χ2v) is 7.18. The van der Waals surface area contributed by atoms with Gasteiger partial charge >= 0.3 is 12.4 Å². The number of allylic oxidation sites excluding steroid dienone is 2. The Labute approximate surface area is 176 Å². The second-order valence-electron chi connectivity index (χ2n) is 7.18. The van der Waals surface area contributed by atoms with Crippen molar-refractivity contribution in [1.82, 2.24) is 20.9 Å². The topological polar surface area (TPSA) is 105 Å². The summed E-state index contributed by atoms with van der Waals surface area (Å²) in [5.41, 5.74) is -4.21. The third kappa shape index (κ3) is 3.54. The summed E-state index contributed by atoms with van der Waals surface area (Å²) in [4.78, 5) is 25.1. The van der Waals surface area contributed by atoms with Gasteiger partial charge in [-0.25, -0.2) is 10.0 Å². The first-order valence-electron chi connectivity index (χ1n) is 8.81. The highest BCUT2D eigenvalue weighted by atomic mass is 19.4. The molecule has 8 nitrogen and oxygen atoms in total. The highest BCUT2D eigenvalue weighted by molar-refractivity contribution is 5.98. The molecular formula is C18H16F6N4O4. The summed E-state index contributed by atoms with van der Waals surface area (Å²) < 4.78 is 79.7. The molecule has 1 aromatic rings. The molecule has 0 fully saturated rings. The van der Waals surface area contributed by atoms with Gasteiger partial charge in [-0.15, -0.1) is 0 Å². The maximum absolute atomic E-state index is 13.3. The molecule has 0 saturated heterocycles. The van der Waals surface area contributed by atoms with Crippen LogP contribution < -0.4 is 10.9 Å². The molecule has 4 N–H and O–H groups in total. The van der Waals surface area contributed by atoms with Crippen molar-refractivity contribution in [3.8, 4) is 0 Å². The van der Waals surface area contributed by atoms with Crippen molar-refractivity contribution < 1.29 is 46.1 Å². The monoisotopic (exact) mass is 466 g/mol. The van der Waals surface area contributed by atoms with Crippen LogP contribution in [0.5, 0.6) is 0 Å². The predicted molar refractivity (Wildman–Crippen MR) is 94.6 cm³/mol. The van der Waals surface area contributed by atoms with Gasteiger partial charge in [0.25, 0.3) is 23.3 Å². The van der Waals surface area contributed by atoms with E-state index in [1.165, 1.54) is 13.8 Å². The van der Waals surface area contributed by atoms with Crippen molar-refractivity contribution in [1.29, 1.82) is 0 Å². The molecule has 3 rings (SSSR count). The van der Waals surface area contributed by atoms with Crippen molar-refractivity contribution in [2.75, 3.05) is 0 Å². The minimum Gasteiger partial charge on any atom is -0.359 e. The number of carbonyl (C=O) groups is 2. The standard InChI is InChI=1S/C18H16F6N4O4/c1-9-7-15(31,17(19,20)21)27(25-9)13(29)11-3-5-12(6-4-11)14(30)28-16(32,18(22,23)24)8-10(2)26-28/h3-8,25-26,31-32H,1-2H3. The van der Waals surface area contributed by atoms with Crippen LogP contribution in [0, 0.1) is 0 Å². The zero-order chi connectivity index (χ0) is 24.3. The van der Waals surface area contributed by atoms with Gasteiger partial charge in [-0.3, -0.25) is 20.4 Å². The summed E-state index contributed by atoms with van der Waals surface area (Å²) in [5.74, 6) is -2.64. The first kappa shape index (κ1) is 23.4. The maximum Gasteiger partial charge on any atom is 0.442 e. The molecule has 2 aliphatic rings. The molecule has 0 saturated carbocycles. The van der Waals surface area contributed by atoms with Gasteiger partial charge in [0, 0.05) is 22.5 Å². The van der Waals surface area contributed by atoms with Crippen molar-refractivity contribution >= 4 is 11.8 Å². The maximum atomic E-state index is 13.3. The van der Waals surface area contributed by atoms with Crippen LogP contribution in [0.2, 0.25) is 0 Å². The summed E-state index contributed by atoms with van der Waals surface area (Å²) in [6, 6.07) is 3.57. The third-order valence-corrected chi connectivity index (χ3v) is 4.71. The van der Waals surface area contributed by atoms with Crippen molar-refractivity contribution in [2.24, 2.45) is 0 Å². The number of amides is 2. The molecule has 1 aromatic carbocycles. The van der Waals surface area contributed by atoms with Gasteiger partial charge in [-0.1, -0.05) is 0 Å². The van der Waals surface area contributed by atoms with Crippen LogP contribution >= 0.6 is 0 Å². The van der Waals surface area contributed by atoms with Crippen molar-refractivity contribution in [3.05, 3.63) is 58.9 Å². The highest BCUT2D eigenvalue weighted by Crippen LogP contribution is 2.39. The van der Waals surface area contributed by atoms with E-state index in [-0.39, 0.29) is 21.4 Å². The van der Waals surface area contributed by atoms with E-state index in [2.05, 4.69) is 10.9 Å². The number of rotatable bonds is 2. The first-order chi connectivity index (χ1) is 14.5. The lowest BCUT2D eigenvalue weighted by molar-refractivity contribution is -0.283. The van der Waals surface area contributed by atoms with Crippen molar-refractivity contribution in [2.45, 2.75) is 37.7 Å².